The number of para-hydroxylation sites is 1. The number of rotatable bonds is 8. The smallest absolute Gasteiger partial charge is 0.139 e. The van der Waals surface area contributed by atoms with Gasteiger partial charge >= 0.3 is 0 Å². The van der Waals surface area contributed by atoms with Crippen LogP contribution >= 0.6 is 7.14 Å². The predicted molar refractivity (Wildman–Crippen MR) is 158 cm³/mol. The molecule has 1 aliphatic heterocycles. The van der Waals surface area contributed by atoms with Gasteiger partial charge in [0.15, 0.2) is 0 Å². The first-order valence-electron chi connectivity index (χ1n) is 13.8. The number of benzene rings is 2. The average molecular weight is 529 g/mol. The van der Waals surface area contributed by atoms with Crippen molar-refractivity contribution in [1.82, 2.24) is 14.9 Å². The van der Waals surface area contributed by atoms with E-state index in [9.17, 15) is 4.57 Å². The molecule has 2 bridgehead atoms. The SMILES string of the molecule is CCP(=O)(CC)c1ccccc1Nc1c(C)cnc2[nH]c(-c3ccc(OC4CC5CC4CN5C)cc3)cc12. The van der Waals surface area contributed by atoms with Crippen molar-refractivity contribution in [3.05, 3.63) is 66.4 Å². The molecule has 3 atom stereocenters. The van der Waals surface area contributed by atoms with Gasteiger partial charge in [0.2, 0.25) is 0 Å². The van der Waals surface area contributed by atoms with E-state index in [0.29, 0.717) is 30.4 Å². The third kappa shape index (κ3) is 4.44. The minimum absolute atomic E-state index is 0.328. The Bertz CT molecular complexity index is 1500. The summed E-state index contributed by atoms with van der Waals surface area (Å²) in [6.07, 6.45) is 5.90. The standard InChI is InChI=1S/C31H37N4O2P/c1-5-38(36,6-2)29-10-8-7-9-26(29)33-30-20(3)18-32-31-25(30)17-27(34-31)21-11-13-24(14-12-21)37-28-16-23-15-22(28)19-35(23)4/h7-14,17-18,22-23,28H,5-6,15-16,19H2,1-4H3,(H2,32,33,34). The summed E-state index contributed by atoms with van der Waals surface area (Å²) < 4.78 is 20.0. The topological polar surface area (TPSA) is 70.2 Å². The Labute approximate surface area is 225 Å². The number of pyridine rings is 1. The van der Waals surface area contributed by atoms with Crippen molar-refractivity contribution in [1.29, 1.82) is 0 Å². The number of hydrogen-bond acceptors (Lipinski definition) is 5. The molecule has 2 aliphatic rings. The lowest BCUT2D eigenvalue weighted by atomic mass is 10.1. The molecule has 1 saturated carbocycles. The highest BCUT2D eigenvalue weighted by Gasteiger charge is 2.44. The van der Waals surface area contributed by atoms with Gasteiger partial charge in [-0.1, -0.05) is 26.0 Å². The van der Waals surface area contributed by atoms with Crippen LogP contribution in [-0.2, 0) is 4.57 Å². The van der Waals surface area contributed by atoms with Crippen molar-refractivity contribution in [2.45, 2.75) is 45.8 Å². The van der Waals surface area contributed by atoms with Crippen molar-refractivity contribution >= 4 is 34.9 Å². The van der Waals surface area contributed by atoms with Crippen LogP contribution < -0.4 is 15.4 Å². The molecule has 0 amide bonds. The minimum Gasteiger partial charge on any atom is -0.490 e. The van der Waals surface area contributed by atoms with Crippen LogP contribution in [0.3, 0.4) is 0 Å². The van der Waals surface area contributed by atoms with E-state index < -0.39 is 7.14 Å². The maximum atomic E-state index is 13.6. The molecule has 3 heterocycles. The number of aromatic amines is 1. The van der Waals surface area contributed by atoms with Gasteiger partial charge in [-0.15, -0.1) is 0 Å². The zero-order valence-electron chi connectivity index (χ0n) is 22.7. The number of likely N-dealkylation sites (tertiary alicyclic amines) is 1. The molecule has 0 spiro atoms. The van der Waals surface area contributed by atoms with E-state index in [1.807, 2.05) is 44.3 Å². The van der Waals surface area contributed by atoms with Crippen molar-refractivity contribution in [2.24, 2.45) is 5.92 Å². The maximum Gasteiger partial charge on any atom is 0.139 e. The Hall–Kier alpha value is -3.08. The van der Waals surface area contributed by atoms with Crippen LogP contribution in [0.2, 0.25) is 0 Å². The lowest BCUT2D eigenvalue weighted by Gasteiger charge is -2.28. The highest BCUT2D eigenvalue weighted by Crippen LogP contribution is 2.46. The van der Waals surface area contributed by atoms with Crippen LogP contribution in [0.15, 0.2) is 60.8 Å². The molecule has 2 fully saturated rings. The highest BCUT2D eigenvalue weighted by molar-refractivity contribution is 7.71. The molecule has 1 saturated heterocycles. The number of aromatic nitrogens is 2. The summed E-state index contributed by atoms with van der Waals surface area (Å²) in [6, 6.07) is 19.2. The summed E-state index contributed by atoms with van der Waals surface area (Å²) in [5.74, 6) is 1.58. The number of ether oxygens (including phenoxy) is 1. The monoisotopic (exact) mass is 528 g/mol. The fraction of sp³-hybridized carbons (Fsp3) is 0.387. The van der Waals surface area contributed by atoms with E-state index in [1.54, 1.807) is 0 Å². The van der Waals surface area contributed by atoms with Crippen LogP contribution in [0.1, 0.15) is 32.3 Å². The van der Waals surface area contributed by atoms with Crippen molar-refractivity contribution in [3.63, 3.8) is 0 Å². The van der Waals surface area contributed by atoms with E-state index in [0.717, 1.165) is 63.2 Å². The van der Waals surface area contributed by atoms with Gasteiger partial charge in [-0.2, -0.15) is 0 Å². The van der Waals surface area contributed by atoms with Gasteiger partial charge < -0.3 is 24.5 Å². The van der Waals surface area contributed by atoms with Gasteiger partial charge in [0.05, 0.1) is 5.69 Å². The van der Waals surface area contributed by atoms with Crippen LogP contribution in [-0.4, -0.2) is 52.9 Å². The van der Waals surface area contributed by atoms with Crippen LogP contribution in [0.25, 0.3) is 22.3 Å². The number of nitrogens with one attached hydrogen (secondary N) is 2. The molecule has 3 unspecified atom stereocenters. The fourth-order valence-corrected chi connectivity index (χ4v) is 8.35. The Kier molecular flexibility index (Phi) is 6.57. The summed E-state index contributed by atoms with van der Waals surface area (Å²) in [6.45, 7) is 7.23. The minimum atomic E-state index is -2.45. The zero-order chi connectivity index (χ0) is 26.4. The van der Waals surface area contributed by atoms with E-state index >= 15 is 0 Å². The van der Waals surface area contributed by atoms with Gasteiger partial charge in [-0.25, -0.2) is 4.98 Å². The van der Waals surface area contributed by atoms with Crippen LogP contribution in [0, 0.1) is 12.8 Å². The average Bonchev–Trinajstić information content (AvgIpc) is 3.65. The number of hydrogen-bond donors (Lipinski definition) is 2. The van der Waals surface area contributed by atoms with Gasteiger partial charge in [0.1, 0.15) is 24.6 Å². The zero-order valence-corrected chi connectivity index (χ0v) is 23.6. The Morgan fingerprint density at radius 2 is 1.87 bits per heavy atom. The number of piperidine rings is 1. The molecule has 2 aromatic carbocycles. The van der Waals surface area contributed by atoms with Gasteiger partial charge in [0.25, 0.3) is 0 Å². The van der Waals surface area contributed by atoms with E-state index in [4.69, 9.17) is 4.74 Å². The van der Waals surface area contributed by atoms with E-state index in [-0.39, 0.29) is 0 Å². The summed E-state index contributed by atoms with van der Waals surface area (Å²) in [5.41, 5.74) is 5.87. The second-order valence-corrected chi connectivity index (χ2v) is 14.5. The van der Waals surface area contributed by atoms with Gasteiger partial charge in [0, 0.05) is 65.5 Å². The molecule has 4 aromatic rings. The van der Waals surface area contributed by atoms with Gasteiger partial charge in [-0.3, -0.25) is 0 Å². The molecule has 198 valence electrons. The molecular weight excluding hydrogens is 491 g/mol. The summed E-state index contributed by atoms with van der Waals surface area (Å²) in [4.78, 5) is 10.6. The number of anilines is 2. The first-order chi connectivity index (χ1) is 18.4. The lowest BCUT2D eigenvalue weighted by Crippen LogP contribution is -2.37. The predicted octanol–water partition coefficient (Wildman–Crippen LogP) is 6.78. The molecule has 7 heteroatoms. The largest absolute Gasteiger partial charge is 0.490 e. The third-order valence-corrected chi connectivity index (χ3v) is 12.0. The van der Waals surface area contributed by atoms with Crippen molar-refractivity contribution in [3.8, 4) is 17.0 Å². The third-order valence-electron chi connectivity index (χ3n) is 8.68. The molecule has 6 nitrogen and oxygen atoms in total. The number of fused-ring (bicyclic) bond motifs is 3. The molecule has 2 N–H and O–H groups in total. The van der Waals surface area contributed by atoms with E-state index in [2.05, 4.69) is 64.5 Å². The fourth-order valence-electron chi connectivity index (χ4n) is 6.29. The first kappa shape index (κ1) is 25.2. The molecule has 2 aromatic heterocycles. The molecular formula is C31H37N4O2P. The molecule has 6 rings (SSSR count). The highest BCUT2D eigenvalue weighted by atomic mass is 31.2. The van der Waals surface area contributed by atoms with Crippen LogP contribution in [0.5, 0.6) is 5.75 Å². The molecule has 0 radical (unpaired) electrons. The second kappa shape index (κ2) is 9.91. The Morgan fingerprint density at radius 1 is 1.11 bits per heavy atom. The van der Waals surface area contributed by atoms with Crippen LogP contribution in [0.4, 0.5) is 11.4 Å². The number of aryl methyl sites for hydroxylation is 1. The first-order valence-corrected chi connectivity index (χ1v) is 15.9. The summed E-state index contributed by atoms with van der Waals surface area (Å²) in [5, 5.41) is 5.57. The molecule has 1 aliphatic carbocycles. The van der Waals surface area contributed by atoms with Gasteiger partial charge in [-0.05, 0) is 74.0 Å². The Morgan fingerprint density at radius 3 is 2.55 bits per heavy atom. The van der Waals surface area contributed by atoms with Crippen molar-refractivity contribution in [2.75, 3.05) is 31.2 Å². The lowest BCUT2D eigenvalue weighted by molar-refractivity contribution is 0.105. The summed E-state index contributed by atoms with van der Waals surface area (Å²) in [7, 11) is -0.226. The molecule has 38 heavy (non-hydrogen) atoms. The van der Waals surface area contributed by atoms with E-state index in [1.165, 1.54) is 6.42 Å². The quantitative estimate of drug-likeness (QED) is 0.247. The van der Waals surface area contributed by atoms with Crippen molar-refractivity contribution < 1.29 is 9.30 Å². The normalized spacial score (nSPS) is 21.3. The second-order valence-electron chi connectivity index (χ2n) is 10.9. The number of nitrogens with zero attached hydrogens (tertiary/aromatic N) is 2. The Balaban J connectivity index is 1.27. The summed E-state index contributed by atoms with van der Waals surface area (Å²) >= 11 is 0. The maximum absolute atomic E-state index is 13.6. The number of H-pyrrole nitrogens is 1.